The Bertz CT molecular complexity index is 1800. The van der Waals surface area contributed by atoms with Crippen LogP contribution in [0.25, 0.3) is 5.57 Å². The summed E-state index contributed by atoms with van der Waals surface area (Å²) in [7, 11) is 0. The van der Waals surface area contributed by atoms with Crippen LogP contribution in [0.4, 0.5) is 22.4 Å². The van der Waals surface area contributed by atoms with E-state index in [-0.39, 0.29) is 47.0 Å². The summed E-state index contributed by atoms with van der Waals surface area (Å²) >= 11 is 6.49. The molecule has 3 aromatic rings. The van der Waals surface area contributed by atoms with Gasteiger partial charge in [-0.15, -0.1) is 0 Å². The summed E-state index contributed by atoms with van der Waals surface area (Å²) in [6, 6.07) is 7.19. The molecule has 8 nitrogen and oxygen atoms in total. The predicted molar refractivity (Wildman–Crippen MR) is 154 cm³/mol. The van der Waals surface area contributed by atoms with E-state index in [1.807, 2.05) is 0 Å². The highest BCUT2D eigenvalue weighted by Crippen LogP contribution is 2.39. The normalized spacial score (nSPS) is 19.2. The van der Waals surface area contributed by atoms with Gasteiger partial charge in [0.25, 0.3) is 0 Å². The van der Waals surface area contributed by atoms with E-state index >= 15 is 4.39 Å². The van der Waals surface area contributed by atoms with Crippen molar-refractivity contribution in [2.75, 3.05) is 13.1 Å². The van der Waals surface area contributed by atoms with Crippen LogP contribution in [0.15, 0.2) is 51.4 Å². The Balaban J connectivity index is 1.58. The van der Waals surface area contributed by atoms with Crippen molar-refractivity contribution in [1.82, 2.24) is 9.47 Å². The average molecular weight is 639 g/mol. The van der Waals surface area contributed by atoms with Crippen molar-refractivity contribution in [2.24, 2.45) is 10.2 Å². The quantitative estimate of drug-likeness (QED) is 0.397. The molecule has 43 heavy (non-hydrogen) atoms. The maximum absolute atomic E-state index is 15.5. The first kappa shape index (κ1) is 30.7. The van der Waals surface area contributed by atoms with Crippen LogP contribution < -0.4 is 15.4 Å². The molecule has 2 aliphatic heterocycles. The largest absolute Gasteiger partial charge is 0.493 e. The van der Waals surface area contributed by atoms with Crippen LogP contribution in [0.3, 0.4) is 0 Å². The van der Waals surface area contributed by atoms with Crippen LogP contribution >= 0.6 is 22.9 Å². The van der Waals surface area contributed by atoms with Crippen LogP contribution in [-0.4, -0.2) is 51.7 Å². The monoisotopic (exact) mass is 638 g/mol. The highest BCUT2D eigenvalue weighted by Gasteiger charge is 2.38. The molecule has 228 valence electrons. The number of halogens is 5. The number of piperidine rings is 1. The zero-order chi connectivity index (χ0) is 31.3. The number of hydrogen-bond donors (Lipinski definition) is 1. The number of rotatable bonds is 4. The van der Waals surface area contributed by atoms with Crippen LogP contribution in [0.5, 0.6) is 5.88 Å². The van der Waals surface area contributed by atoms with Gasteiger partial charge < -0.3 is 14.7 Å². The van der Waals surface area contributed by atoms with Crippen LogP contribution in [0, 0.1) is 0 Å². The number of carbonyl (C=O) groups excluding carboxylic acids is 1. The van der Waals surface area contributed by atoms with Crippen LogP contribution in [0.1, 0.15) is 54.8 Å². The van der Waals surface area contributed by atoms with Gasteiger partial charge in [0.1, 0.15) is 11.8 Å². The maximum atomic E-state index is 15.5. The minimum atomic E-state index is -4.72. The van der Waals surface area contributed by atoms with Crippen molar-refractivity contribution in [3.63, 3.8) is 0 Å². The molecule has 0 bridgehead atoms. The number of carbonyl (C=O) groups is 1. The number of aromatic hydroxyl groups is 1. The summed E-state index contributed by atoms with van der Waals surface area (Å²) in [5.74, 6) is -0.565. The smallest absolute Gasteiger partial charge is 0.416 e. The van der Waals surface area contributed by atoms with Crippen molar-refractivity contribution in [3.8, 4) is 5.88 Å². The highest BCUT2D eigenvalue weighted by atomic mass is 35.5. The molecule has 0 spiro atoms. The Morgan fingerprint density at radius 1 is 1.19 bits per heavy atom. The Morgan fingerprint density at radius 3 is 2.60 bits per heavy atom. The third-order valence-corrected chi connectivity index (χ3v) is 8.30. The van der Waals surface area contributed by atoms with Gasteiger partial charge in [0.15, 0.2) is 0 Å². The number of alkyl halides is 4. The minimum Gasteiger partial charge on any atom is -0.493 e. The molecule has 1 N–H and O–H groups in total. The lowest BCUT2D eigenvalue weighted by atomic mass is 9.96. The van der Waals surface area contributed by atoms with E-state index in [1.54, 1.807) is 39.0 Å². The van der Waals surface area contributed by atoms with Gasteiger partial charge in [-0.25, -0.2) is 9.18 Å². The molecule has 0 aliphatic carbocycles. The molecule has 2 atom stereocenters. The average Bonchev–Trinajstić information content (AvgIpc) is 3.49. The molecule has 1 aromatic heterocycles. The van der Waals surface area contributed by atoms with Gasteiger partial charge in [-0.05, 0) is 67.8 Å². The Hall–Kier alpha value is -3.71. The first-order chi connectivity index (χ1) is 20.1. The van der Waals surface area contributed by atoms with Crippen molar-refractivity contribution in [3.05, 3.63) is 83.2 Å². The Morgan fingerprint density at radius 2 is 1.93 bits per heavy atom. The van der Waals surface area contributed by atoms with Gasteiger partial charge >= 0.3 is 17.1 Å². The van der Waals surface area contributed by atoms with Gasteiger partial charge in [-0.1, -0.05) is 35.1 Å². The van der Waals surface area contributed by atoms with Crippen LogP contribution in [0.2, 0.25) is 5.02 Å². The second-order valence-corrected chi connectivity index (χ2v) is 12.7. The first-order valence-corrected chi connectivity index (χ1v) is 14.5. The molecule has 1 fully saturated rings. The molecule has 1 saturated heterocycles. The Kier molecular flexibility index (Phi) is 8.16. The van der Waals surface area contributed by atoms with Crippen molar-refractivity contribution in [2.45, 2.75) is 57.6 Å². The summed E-state index contributed by atoms with van der Waals surface area (Å²) in [6.07, 6.45) is -5.98. The third-order valence-electron chi connectivity index (χ3n) is 7.06. The number of benzene rings is 2. The number of aromatic nitrogens is 1. The van der Waals surface area contributed by atoms with E-state index in [0.29, 0.717) is 27.5 Å². The van der Waals surface area contributed by atoms with Gasteiger partial charge in [0, 0.05) is 23.6 Å². The van der Waals surface area contributed by atoms with Crippen molar-refractivity contribution < 1.29 is 32.2 Å². The second-order valence-electron chi connectivity index (χ2n) is 11.3. The fourth-order valence-electron chi connectivity index (χ4n) is 5.10. The number of hydrogen-bond acceptors (Lipinski definition) is 7. The summed E-state index contributed by atoms with van der Waals surface area (Å²) in [5.41, 5.74) is -1.05. The standard InChI is InChI=1S/C29H27ClF4N4O4S/c1-28(2,3)42-26(40)37-9-8-23(21(31)14-37)38-25(39)24(43-27(38)41)19(15-5-7-22-17(10-15)13-35-36-22)11-16-4-6-18(30)12-20(16)29(32,33)34/h4-7,10,12-13,21,23,39H,8-9,11,14H2,1-3H3/t21-,23+/m0/s1. The van der Waals surface area contributed by atoms with Gasteiger partial charge in [0.2, 0.25) is 5.88 Å². The number of amides is 1. The van der Waals surface area contributed by atoms with Gasteiger partial charge in [0.05, 0.1) is 34.6 Å². The zero-order valence-corrected chi connectivity index (χ0v) is 24.9. The molecular weight excluding hydrogens is 612 g/mol. The molecule has 5 rings (SSSR count). The second kappa shape index (κ2) is 11.4. The lowest BCUT2D eigenvalue weighted by Gasteiger charge is -2.35. The lowest BCUT2D eigenvalue weighted by Crippen LogP contribution is -2.48. The molecule has 14 heteroatoms. The number of likely N-dealkylation sites (tertiary alicyclic amines) is 1. The molecule has 0 saturated carbocycles. The SMILES string of the molecule is CC(C)(C)OC(=O)N1CC[C@@H](n2c(O)c(C(Cc3ccc(Cl)cc3C(F)(F)F)=c3ccc4c(c3)C=NN=4)sc2=O)[C@@H](F)C1. The van der Waals surface area contributed by atoms with E-state index in [1.165, 1.54) is 23.2 Å². The zero-order valence-electron chi connectivity index (χ0n) is 23.3. The molecule has 0 unspecified atom stereocenters. The van der Waals surface area contributed by atoms with E-state index in [2.05, 4.69) is 10.2 Å². The predicted octanol–water partition coefficient (Wildman–Crippen LogP) is 5.22. The number of fused-ring (bicyclic) bond motifs is 1. The molecule has 1 amide bonds. The van der Waals surface area contributed by atoms with Gasteiger partial charge in [-0.2, -0.15) is 23.4 Å². The summed E-state index contributed by atoms with van der Waals surface area (Å²) < 4.78 is 63.8. The number of thiazole rings is 1. The van der Waals surface area contributed by atoms with Gasteiger partial charge in [-0.3, -0.25) is 9.36 Å². The summed E-state index contributed by atoms with van der Waals surface area (Å²) in [4.78, 5) is 26.2. The Labute approximate surface area is 252 Å². The summed E-state index contributed by atoms with van der Waals surface area (Å²) in [6.45, 7) is 4.77. The van der Waals surface area contributed by atoms with E-state index in [9.17, 15) is 27.9 Å². The number of ether oxygens (including phenoxy) is 1. The molecule has 0 radical (unpaired) electrons. The topological polar surface area (TPSA) is 96.5 Å². The van der Waals surface area contributed by atoms with E-state index < -0.39 is 46.4 Å². The van der Waals surface area contributed by atoms with Crippen molar-refractivity contribution in [1.29, 1.82) is 0 Å². The van der Waals surface area contributed by atoms with Crippen molar-refractivity contribution >= 4 is 40.8 Å². The number of nitrogens with zero attached hydrogens (tertiary/aromatic N) is 4. The molecule has 2 aliphatic rings. The minimum absolute atomic E-state index is 0.00155. The molecule has 3 heterocycles. The van der Waals surface area contributed by atoms with E-state index in [4.69, 9.17) is 16.3 Å². The fourth-order valence-corrected chi connectivity index (χ4v) is 6.27. The fraction of sp³-hybridized carbons (Fsp3) is 0.379. The maximum Gasteiger partial charge on any atom is 0.416 e. The first-order valence-electron chi connectivity index (χ1n) is 13.3. The summed E-state index contributed by atoms with van der Waals surface area (Å²) in [5, 5.41) is 20.1. The molecule has 2 aromatic carbocycles. The lowest BCUT2D eigenvalue weighted by molar-refractivity contribution is -0.138. The third kappa shape index (κ3) is 6.47. The van der Waals surface area contributed by atoms with E-state index in [0.717, 1.165) is 10.6 Å². The van der Waals surface area contributed by atoms with Crippen LogP contribution in [-0.2, 0) is 17.3 Å². The molecular formula is C29H27ClF4N4O4S. The highest BCUT2D eigenvalue weighted by molar-refractivity contribution is 7.10.